The van der Waals surface area contributed by atoms with Crippen LogP contribution in [0.2, 0.25) is 0 Å². The maximum absolute atomic E-state index is 9.67. The minimum absolute atomic E-state index is 0. The van der Waals surface area contributed by atoms with Crippen LogP contribution in [0.5, 0.6) is 0 Å². The van der Waals surface area contributed by atoms with Crippen LogP contribution in [0.15, 0.2) is 40.7 Å². The van der Waals surface area contributed by atoms with Crippen LogP contribution in [0, 0.1) is 0 Å². The second-order valence-corrected chi connectivity index (χ2v) is 6.72. The van der Waals surface area contributed by atoms with Gasteiger partial charge in [-0.2, -0.15) is 0 Å². The molecule has 0 bridgehead atoms. The van der Waals surface area contributed by atoms with E-state index in [9.17, 15) is 5.11 Å². The second-order valence-electron chi connectivity index (χ2n) is 5.88. The molecule has 0 aliphatic heterocycles. The van der Waals surface area contributed by atoms with Crippen LogP contribution in [0.4, 0.5) is 5.13 Å². The molecule has 26 heavy (non-hydrogen) atoms. The van der Waals surface area contributed by atoms with Gasteiger partial charge in [-0.25, -0.2) is 9.98 Å². The van der Waals surface area contributed by atoms with E-state index in [0.29, 0.717) is 13.1 Å². The largest absolute Gasteiger partial charge is 0.396 e. The molecule has 0 aliphatic rings. The van der Waals surface area contributed by atoms with E-state index in [1.54, 1.807) is 11.3 Å². The summed E-state index contributed by atoms with van der Waals surface area (Å²) in [6.07, 6.45) is 0. The molecule has 0 aliphatic carbocycles. The summed E-state index contributed by atoms with van der Waals surface area (Å²) in [6.45, 7) is 4.04. The summed E-state index contributed by atoms with van der Waals surface area (Å²) in [5.41, 5.74) is 2.07. The number of halogens is 1. The van der Waals surface area contributed by atoms with E-state index >= 15 is 0 Å². The van der Waals surface area contributed by atoms with Gasteiger partial charge in [0.05, 0.1) is 18.8 Å². The van der Waals surface area contributed by atoms with Gasteiger partial charge >= 0.3 is 0 Å². The summed E-state index contributed by atoms with van der Waals surface area (Å²) in [4.78, 5) is 11.1. The van der Waals surface area contributed by atoms with Crippen LogP contribution in [0.3, 0.4) is 0 Å². The Labute approximate surface area is 176 Å². The number of hydrogen-bond donors (Lipinski definition) is 3. The van der Waals surface area contributed by atoms with Gasteiger partial charge in [-0.15, -0.1) is 35.3 Å². The van der Waals surface area contributed by atoms with Crippen molar-refractivity contribution in [3.63, 3.8) is 0 Å². The zero-order valence-electron chi connectivity index (χ0n) is 15.5. The normalized spacial score (nSPS) is 12.2. The predicted molar refractivity (Wildman–Crippen MR) is 121 cm³/mol. The lowest BCUT2D eigenvalue weighted by Gasteiger charge is -2.18. The van der Waals surface area contributed by atoms with E-state index in [1.165, 1.54) is 0 Å². The van der Waals surface area contributed by atoms with E-state index in [0.717, 1.165) is 28.9 Å². The zero-order valence-corrected chi connectivity index (χ0v) is 18.6. The number of aliphatic imine (C=N–C) groups is 1. The molecule has 0 radical (unpaired) electrons. The Morgan fingerprint density at radius 3 is 2.58 bits per heavy atom. The third-order valence-corrected chi connectivity index (χ3v) is 4.73. The van der Waals surface area contributed by atoms with Crippen molar-refractivity contribution in [3.05, 3.63) is 47.0 Å². The number of aromatic nitrogens is 1. The van der Waals surface area contributed by atoms with Crippen molar-refractivity contribution in [3.8, 4) is 0 Å². The molecule has 1 aromatic heterocycles. The first-order valence-corrected chi connectivity index (χ1v) is 9.31. The molecule has 144 valence electrons. The highest BCUT2D eigenvalue weighted by molar-refractivity contribution is 14.0. The minimum Gasteiger partial charge on any atom is -0.396 e. The third-order valence-electron chi connectivity index (χ3n) is 3.67. The van der Waals surface area contributed by atoms with Crippen molar-refractivity contribution < 1.29 is 5.11 Å². The number of rotatable bonds is 8. The summed E-state index contributed by atoms with van der Waals surface area (Å²) < 4.78 is 0. The monoisotopic (exact) mass is 489 g/mol. The molecule has 0 saturated heterocycles. The molecule has 0 spiro atoms. The quantitative estimate of drug-likeness (QED) is 0.302. The second kappa shape index (κ2) is 12.1. The van der Waals surface area contributed by atoms with Crippen molar-refractivity contribution >= 4 is 46.4 Å². The molecular formula is C18H28IN5OS. The molecule has 2 aromatic rings. The number of hydrogen-bond acceptors (Lipinski definition) is 5. The van der Waals surface area contributed by atoms with Gasteiger partial charge < -0.3 is 20.6 Å². The highest BCUT2D eigenvalue weighted by Crippen LogP contribution is 2.18. The first-order valence-electron chi connectivity index (χ1n) is 8.43. The molecule has 6 nitrogen and oxygen atoms in total. The number of nitrogens with zero attached hydrogens (tertiary/aromatic N) is 3. The highest BCUT2D eigenvalue weighted by Gasteiger charge is 2.11. The van der Waals surface area contributed by atoms with Crippen LogP contribution < -0.4 is 15.5 Å². The fraction of sp³-hybridized carbons (Fsp3) is 0.444. The van der Waals surface area contributed by atoms with Crippen LogP contribution in [0.1, 0.15) is 24.1 Å². The molecule has 2 rings (SSSR count). The van der Waals surface area contributed by atoms with Gasteiger partial charge in [-0.1, -0.05) is 30.3 Å². The van der Waals surface area contributed by atoms with Gasteiger partial charge in [0.1, 0.15) is 0 Å². The number of anilines is 1. The Morgan fingerprint density at radius 1 is 1.27 bits per heavy atom. The SMILES string of the molecule is CCNC(=NCc1csc(N(C)C)n1)NCC(CO)c1ccccc1.I. The molecule has 0 saturated carbocycles. The van der Waals surface area contributed by atoms with Crippen LogP contribution >= 0.6 is 35.3 Å². The van der Waals surface area contributed by atoms with Gasteiger partial charge in [0.2, 0.25) is 0 Å². The first kappa shape index (κ1) is 22.7. The standard InChI is InChI=1S/C18H27N5OS.HI/c1-4-19-17(21-11-16-13-25-18(22-16)23(2)3)20-10-15(12-24)14-8-6-5-7-9-14;/h5-9,13,15,24H,4,10-12H2,1-3H3,(H2,19,20,21);1H. The van der Waals surface area contributed by atoms with E-state index in [4.69, 9.17) is 0 Å². The van der Waals surface area contributed by atoms with E-state index < -0.39 is 0 Å². The van der Waals surface area contributed by atoms with E-state index in [2.05, 4.69) is 20.6 Å². The van der Waals surface area contributed by atoms with E-state index in [-0.39, 0.29) is 36.5 Å². The average Bonchev–Trinajstić information content (AvgIpc) is 3.10. The number of aliphatic hydroxyl groups is 1. The summed E-state index contributed by atoms with van der Waals surface area (Å²) in [5.74, 6) is 0.765. The Hall–Kier alpha value is -1.39. The number of aliphatic hydroxyl groups excluding tert-OH is 1. The van der Waals surface area contributed by atoms with Gasteiger partial charge in [0.25, 0.3) is 0 Å². The third kappa shape index (κ3) is 7.08. The molecule has 1 heterocycles. The number of guanidine groups is 1. The lowest BCUT2D eigenvalue weighted by molar-refractivity contribution is 0.265. The Morgan fingerprint density at radius 2 is 2.00 bits per heavy atom. The Bertz CT molecular complexity index is 663. The molecular weight excluding hydrogens is 461 g/mol. The Balaban J connectivity index is 0.00000338. The van der Waals surface area contributed by atoms with Crippen LogP contribution in [-0.4, -0.2) is 49.8 Å². The zero-order chi connectivity index (χ0) is 18.1. The van der Waals surface area contributed by atoms with Gasteiger partial charge in [0, 0.05) is 38.5 Å². The fourth-order valence-corrected chi connectivity index (χ4v) is 3.06. The van der Waals surface area contributed by atoms with Gasteiger partial charge in [-0.3, -0.25) is 0 Å². The summed E-state index contributed by atoms with van der Waals surface area (Å²) in [7, 11) is 3.96. The van der Waals surface area contributed by atoms with Crippen molar-refractivity contribution in [1.29, 1.82) is 0 Å². The fourth-order valence-electron chi connectivity index (χ4n) is 2.31. The molecule has 8 heteroatoms. The predicted octanol–water partition coefficient (Wildman–Crippen LogP) is 2.66. The summed E-state index contributed by atoms with van der Waals surface area (Å²) in [5, 5.41) is 19.2. The molecule has 0 fully saturated rings. The lowest BCUT2D eigenvalue weighted by Crippen LogP contribution is -2.39. The van der Waals surface area contributed by atoms with Crippen LogP contribution in [-0.2, 0) is 6.54 Å². The Kier molecular flexibility index (Phi) is 10.5. The highest BCUT2D eigenvalue weighted by atomic mass is 127. The van der Waals surface area contributed by atoms with Gasteiger partial charge in [-0.05, 0) is 12.5 Å². The number of benzene rings is 1. The minimum atomic E-state index is 0. The maximum atomic E-state index is 9.67. The topological polar surface area (TPSA) is 72.8 Å². The maximum Gasteiger partial charge on any atom is 0.191 e. The lowest BCUT2D eigenvalue weighted by atomic mass is 10.0. The van der Waals surface area contributed by atoms with Crippen LogP contribution in [0.25, 0.3) is 0 Å². The average molecular weight is 489 g/mol. The molecule has 1 aromatic carbocycles. The summed E-state index contributed by atoms with van der Waals surface area (Å²) >= 11 is 1.61. The molecule has 1 unspecified atom stereocenters. The summed E-state index contributed by atoms with van der Waals surface area (Å²) in [6, 6.07) is 10.0. The van der Waals surface area contributed by atoms with Gasteiger partial charge in [0.15, 0.2) is 11.1 Å². The smallest absolute Gasteiger partial charge is 0.191 e. The molecule has 0 amide bonds. The van der Waals surface area contributed by atoms with Crippen molar-refractivity contribution in [2.75, 3.05) is 38.7 Å². The number of nitrogens with one attached hydrogen (secondary N) is 2. The van der Waals surface area contributed by atoms with E-state index in [1.807, 2.05) is 61.6 Å². The molecule has 1 atom stereocenters. The number of thiazole rings is 1. The van der Waals surface area contributed by atoms with Crippen molar-refractivity contribution in [2.24, 2.45) is 4.99 Å². The van der Waals surface area contributed by atoms with Crippen molar-refractivity contribution in [1.82, 2.24) is 15.6 Å². The first-order chi connectivity index (χ1) is 12.1. The van der Waals surface area contributed by atoms with Crippen molar-refractivity contribution in [2.45, 2.75) is 19.4 Å². The molecule has 3 N–H and O–H groups in total.